The van der Waals surface area contributed by atoms with Gasteiger partial charge < -0.3 is 20.5 Å². The number of allylic oxidation sites excluding steroid dienone is 1. The third kappa shape index (κ3) is 6.92. The fraction of sp³-hybridized carbons (Fsp3) is 0.357. The molecule has 0 aliphatic carbocycles. The number of aromatic amines is 1. The van der Waals surface area contributed by atoms with Crippen molar-refractivity contribution >= 4 is 40.9 Å². The van der Waals surface area contributed by atoms with Crippen LogP contribution < -0.4 is 10.6 Å². The van der Waals surface area contributed by atoms with Crippen LogP contribution in [0.1, 0.15) is 64.3 Å². The zero-order valence-corrected chi connectivity index (χ0v) is 23.4. The van der Waals surface area contributed by atoms with Gasteiger partial charge in [-0.05, 0) is 30.2 Å². The first kappa shape index (κ1) is 30.3. The minimum atomic E-state index is -4.48. The maximum absolute atomic E-state index is 13.5. The van der Waals surface area contributed by atoms with Gasteiger partial charge in [0.05, 0.1) is 29.1 Å². The lowest BCUT2D eigenvalue weighted by molar-refractivity contribution is -0.139. The van der Waals surface area contributed by atoms with Crippen molar-refractivity contribution in [3.8, 4) is 0 Å². The van der Waals surface area contributed by atoms with Crippen molar-refractivity contribution in [2.24, 2.45) is 4.99 Å². The number of H-pyrrole nitrogens is 1. The van der Waals surface area contributed by atoms with Crippen molar-refractivity contribution in [1.29, 1.82) is 0 Å². The number of carbonyl (C=O) groups is 2. The number of halogens is 6. The van der Waals surface area contributed by atoms with Crippen LogP contribution in [-0.4, -0.2) is 59.1 Å². The summed E-state index contributed by atoms with van der Waals surface area (Å²) in [6, 6.07) is 4.66. The van der Waals surface area contributed by atoms with Crippen LogP contribution in [0.3, 0.4) is 0 Å². The largest absolute Gasteiger partial charge is 0.389 e. The van der Waals surface area contributed by atoms with Crippen molar-refractivity contribution in [1.82, 2.24) is 20.2 Å². The molecule has 5 rings (SSSR count). The van der Waals surface area contributed by atoms with Crippen LogP contribution in [0.2, 0.25) is 0 Å². The highest BCUT2D eigenvalue weighted by atomic mass is 32.1. The Morgan fingerprint density at radius 3 is 2.60 bits per heavy atom. The summed E-state index contributed by atoms with van der Waals surface area (Å²) in [4.78, 5) is 39.1. The average Bonchev–Trinajstić information content (AvgIpc) is 3.59. The summed E-state index contributed by atoms with van der Waals surface area (Å²) in [5.74, 6) is -4.36. The number of hydrogen-bond donors (Lipinski definition) is 3. The van der Waals surface area contributed by atoms with Crippen molar-refractivity contribution < 1.29 is 35.9 Å². The van der Waals surface area contributed by atoms with E-state index < -0.39 is 60.8 Å². The number of alkyl halides is 5. The van der Waals surface area contributed by atoms with Crippen molar-refractivity contribution in [2.75, 3.05) is 18.9 Å². The second-order valence-corrected chi connectivity index (χ2v) is 11.0. The molecule has 3 aromatic rings. The first-order valence-electron chi connectivity index (χ1n) is 13.2. The second-order valence-electron chi connectivity index (χ2n) is 10.3. The average molecular weight is 625 g/mol. The summed E-state index contributed by atoms with van der Waals surface area (Å²) in [6.07, 6.45) is -5.97. The molecule has 3 N–H and O–H groups in total. The number of nitrogens with zero attached hydrogens (tertiary/aromatic N) is 3. The maximum atomic E-state index is 13.5. The molecule has 0 saturated carbocycles. The van der Waals surface area contributed by atoms with E-state index in [1.54, 1.807) is 17.0 Å². The third-order valence-electron chi connectivity index (χ3n) is 7.26. The number of carbonyl (C=O) groups excluding carboxylic acids is 2. The Morgan fingerprint density at radius 1 is 1.21 bits per heavy atom. The van der Waals surface area contributed by atoms with E-state index in [4.69, 9.17) is 0 Å². The van der Waals surface area contributed by atoms with Gasteiger partial charge in [-0.15, -0.1) is 11.3 Å². The predicted molar refractivity (Wildman–Crippen MR) is 148 cm³/mol. The van der Waals surface area contributed by atoms with E-state index in [1.165, 1.54) is 41.6 Å². The lowest BCUT2D eigenvalue weighted by atomic mass is 9.91. The lowest BCUT2D eigenvalue weighted by Gasteiger charge is -2.30. The molecule has 3 unspecified atom stereocenters. The molecule has 2 aliphatic heterocycles. The van der Waals surface area contributed by atoms with Gasteiger partial charge in [-0.25, -0.2) is 23.1 Å². The molecule has 3 atom stereocenters. The van der Waals surface area contributed by atoms with Crippen molar-refractivity contribution in [3.05, 3.63) is 75.4 Å². The number of amides is 2. The zero-order valence-electron chi connectivity index (χ0n) is 22.6. The molecular formula is C28H26F6N6O2S. The Balaban J connectivity index is 1.50. The standard InChI is InChI=1S/C28H26F6N6O2S/c1-40-11-16(10-28(32,33)34)23-22(27(40)42)25(37-21-12-43-13-36-21)24(39-23)15-6-7-35-20(8-15)38-26(41)18(9-19(30)31)14-2-4-17(29)5-3-14/h2-5,7-8,12-13,15-16,18-19,37,39H,6,9-11H2,1H3,(H,38,41). The second kappa shape index (κ2) is 12.2. The van der Waals surface area contributed by atoms with E-state index in [-0.39, 0.29) is 41.3 Å². The van der Waals surface area contributed by atoms with Gasteiger partial charge >= 0.3 is 6.18 Å². The smallest absolute Gasteiger partial charge is 0.359 e. The third-order valence-corrected chi connectivity index (χ3v) is 7.84. The van der Waals surface area contributed by atoms with E-state index in [0.717, 1.165) is 12.1 Å². The zero-order chi connectivity index (χ0) is 30.9. The van der Waals surface area contributed by atoms with Gasteiger partial charge in [0.2, 0.25) is 12.3 Å². The Kier molecular flexibility index (Phi) is 8.62. The van der Waals surface area contributed by atoms with E-state index in [1.807, 2.05) is 0 Å². The fourth-order valence-corrected chi connectivity index (χ4v) is 5.83. The molecule has 2 aromatic heterocycles. The van der Waals surface area contributed by atoms with Crippen molar-refractivity contribution in [3.63, 3.8) is 0 Å². The quantitative estimate of drug-likeness (QED) is 0.239. The molecule has 0 spiro atoms. The van der Waals surface area contributed by atoms with Crippen LogP contribution in [0.25, 0.3) is 0 Å². The number of rotatable bonds is 9. The molecule has 8 nitrogen and oxygen atoms in total. The number of aromatic nitrogens is 2. The highest BCUT2D eigenvalue weighted by Crippen LogP contribution is 2.44. The number of hydrogen-bond acceptors (Lipinski definition) is 6. The molecule has 0 radical (unpaired) electrons. The highest BCUT2D eigenvalue weighted by Gasteiger charge is 2.42. The van der Waals surface area contributed by atoms with Gasteiger partial charge in [-0.2, -0.15) is 13.2 Å². The van der Waals surface area contributed by atoms with Crippen LogP contribution in [0.15, 0.2) is 52.0 Å². The number of fused-ring (bicyclic) bond motifs is 1. The molecule has 0 bridgehead atoms. The number of aliphatic imine (C=N–C) groups is 1. The highest BCUT2D eigenvalue weighted by molar-refractivity contribution is 7.07. The molecule has 228 valence electrons. The van der Waals surface area contributed by atoms with Crippen LogP contribution >= 0.6 is 11.3 Å². The number of nitrogens with one attached hydrogen (secondary N) is 3. The Labute approximate surface area is 245 Å². The Morgan fingerprint density at radius 2 is 1.95 bits per heavy atom. The van der Waals surface area contributed by atoms with Gasteiger partial charge in [0, 0.05) is 54.8 Å². The van der Waals surface area contributed by atoms with Gasteiger partial charge in [0.15, 0.2) is 0 Å². The van der Waals surface area contributed by atoms with Gasteiger partial charge in [0.1, 0.15) is 17.5 Å². The van der Waals surface area contributed by atoms with Crippen LogP contribution in [0, 0.1) is 5.82 Å². The summed E-state index contributed by atoms with van der Waals surface area (Å²) in [6.45, 7) is -0.139. The van der Waals surface area contributed by atoms with Gasteiger partial charge in [-0.1, -0.05) is 12.1 Å². The number of likely N-dealkylation sites (N-methyl/N-ethyl adjacent to an activating group) is 1. The minimum Gasteiger partial charge on any atom is -0.359 e. The fourth-order valence-electron chi connectivity index (χ4n) is 5.34. The predicted octanol–water partition coefficient (Wildman–Crippen LogP) is 6.43. The lowest BCUT2D eigenvalue weighted by Crippen LogP contribution is -2.38. The Hall–Kier alpha value is -4.14. The van der Waals surface area contributed by atoms with Gasteiger partial charge in [-0.3, -0.25) is 9.59 Å². The summed E-state index contributed by atoms with van der Waals surface area (Å²) in [5, 5.41) is 7.30. The Bertz CT molecular complexity index is 1530. The van der Waals surface area contributed by atoms with Crippen LogP contribution in [0.4, 0.5) is 37.8 Å². The van der Waals surface area contributed by atoms with Crippen molar-refractivity contribution in [2.45, 2.75) is 49.6 Å². The summed E-state index contributed by atoms with van der Waals surface area (Å²) in [7, 11) is 1.44. The topological polar surface area (TPSA) is 102 Å². The number of thiazole rings is 1. The summed E-state index contributed by atoms with van der Waals surface area (Å²) in [5.41, 5.74) is 2.60. The van der Waals surface area contributed by atoms with Crippen LogP contribution in [-0.2, 0) is 4.79 Å². The molecule has 1 aromatic carbocycles. The number of anilines is 2. The van der Waals surface area contributed by atoms with Crippen LogP contribution in [0.5, 0.6) is 0 Å². The van der Waals surface area contributed by atoms with E-state index in [0.29, 0.717) is 11.5 Å². The molecule has 15 heteroatoms. The maximum Gasteiger partial charge on any atom is 0.389 e. The molecule has 43 heavy (non-hydrogen) atoms. The van der Waals surface area contributed by atoms with E-state index in [2.05, 4.69) is 25.6 Å². The first-order chi connectivity index (χ1) is 20.4. The first-order valence-corrected chi connectivity index (χ1v) is 14.2. The number of benzene rings is 1. The minimum absolute atomic E-state index is 0.0325. The molecule has 2 amide bonds. The summed E-state index contributed by atoms with van der Waals surface area (Å²) >= 11 is 1.28. The molecule has 4 heterocycles. The molecular weight excluding hydrogens is 598 g/mol. The molecule has 0 saturated heterocycles. The monoisotopic (exact) mass is 624 g/mol. The SMILES string of the molecule is CN1CC(CC(F)(F)F)c2[nH]c(C3C=C(NC(=O)C(CC(F)F)c4ccc(F)cc4)N=CC3)c(Nc3cscn3)c2C1=O. The van der Waals surface area contributed by atoms with E-state index in [9.17, 15) is 35.9 Å². The summed E-state index contributed by atoms with van der Waals surface area (Å²) < 4.78 is 80.7. The molecule has 0 fully saturated rings. The normalized spacial score (nSPS) is 19.3. The van der Waals surface area contributed by atoms with E-state index >= 15 is 0 Å². The van der Waals surface area contributed by atoms with Gasteiger partial charge in [0.25, 0.3) is 5.91 Å². The molecule has 2 aliphatic rings.